The van der Waals surface area contributed by atoms with E-state index in [4.69, 9.17) is 0 Å². The number of hydrogen-bond acceptors (Lipinski definition) is 5. The maximum atomic E-state index is 12.5. The number of fused-ring (bicyclic) bond motifs is 3. The summed E-state index contributed by atoms with van der Waals surface area (Å²) < 4.78 is 1.75. The van der Waals surface area contributed by atoms with Crippen molar-refractivity contribution >= 4 is 17.6 Å². The standard InChI is InChI=1S/C17H26N6O3/c1-11(24)16-10-23(21-20-16)8-14-7-13-3-6-22(14)9-15(13)17(26)19-5-4-18-12(2)25/h10,13-15H,3-9H2,1-2H3,(H,18,25)(H,19,26)/p+1/t13-,14+,15-/m0/s1. The summed E-state index contributed by atoms with van der Waals surface area (Å²) >= 11 is 0. The molecule has 4 heterocycles. The quantitative estimate of drug-likeness (QED) is 0.384. The van der Waals surface area contributed by atoms with Crippen LogP contribution in [0.4, 0.5) is 0 Å². The number of Topliss-reactive ketones (excluding diaryl/α,β-unsaturated/α-hetero) is 1. The lowest BCUT2D eigenvalue weighted by molar-refractivity contribution is -0.945. The first kappa shape index (κ1) is 18.5. The Morgan fingerprint density at radius 2 is 2.04 bits per heavy atom. The molecule has 0 aliphatic carbocycles. The van der Waals surface area contributed by atoms with E-state index in [-0.39, 0.29) is 23.5 Å². The summed E-state index contributed by atoms with van der Waals surface area (Å²) in [5.74, 6) is 0.348. The van der Waals surface area contributed by atoms with E-state index < -0.39 is 0 Å². The molecule has 4 rings (SSSR count). The topological polar surface area (TPSA) is 110 Å². The van der Waals surface area contributed by atoms with Crippen molar-refractivity contribution in [2.45, 2.75) is 39.3 Å². The molecule has 9 heteroatoms. The highest BCUT2D eigenvalue weighted by molar-refractivity contribution is 5.91. The first-order valence-electron chi connectivity index (χ1n) is 9.22. The molecular weight excluding hydrogens is 336 g/mol. The van der Waals surface area contributed by atoms with Crippen molar-refractivity contribution in [2.24, 2.45) is 11.8 Å². The molecule has 26 heavy (non-hydrogen) atoms. The lowest BCUT2D eigenvalue weighted by atomic mass is 9.75. The smallest absolute Gasteiger partial charge is 0.229 e. The van der Waals surface area contributed by atoms with Gasteiger partial charge in [0.15, 0.2) is 5.78 Å². The molecular formula is C17H27N6O3+. The summed E-state index contributed by atoms with van der Waals surface area (Å²) in [6.45, 7) is 6.50. The number of quaternary nitrogens is 1. The normalized spacial score (nSPS) is 27.2. The van der Waals surface area contributed by atoms with Crippen molar-refractivity contribution in [3.63, 3.8) is 0 Å². The third kappa shape index (κ3) is 4.27. The van der Waals surface area contributed by atoms with Gasteiger partial charge in [0.1, 0.15) is 11.7 Å². The number of amides is 2. The van der Waals surface area contributed by atoms with E-state index in [0.29, 0.717) is 30.7 Å². The molecule has 3 aliphatic heterocycles. The fraction of sp³-hybridized carbons (Fsp3) is 0.706. The van der Waals surface area contributed by atoms with Gasteiger partial charge in [-0.05, 0) is 5.92 Å². The third-order valence-corrected chi connectivity index (χ3v) is 5.49. The molecule has 3 fully saturated rings. The van der Waals surface area contributed by atoms with E-state index in [1.54, 1.807) is 10.9 Å². The lowest BCUT2D eigenvalue weighted by Gasteiger charge is -2.46. The van der Waals surface area contributed by atoms with Crippen molar-refractivity contribution < 1.29 is 19.3 Å². The van der Waals surface area contributed by atoms with Crippen LogP contribution < -0.4 is 15.5 Å². The Labute approximate surface area is 152 Å². The molecule has 1 unspecified atom stereocenters. The van der Waals surface area contributed by atoms with Crippen molar-refractivity contribution in [2.75, 3.05) is 26.2 Å². The second-order valence-electron chi connectivity index (χ2n) is 7.36. The largest absolute Gasteiger partial charge is 0.355 e. The van der Waals surface area contributed by atoms with Gasteiger partial charge in [0, 0.05) is 39.8 Å². The van der Waals surface area contributed by atoms with Crippen LogP contribution in [-0.2, 0) is 16.1 Å². The van der Waals surface area contributed by atoms with Crippen LogP contribution in [0.2, 0.25) is 0 Å². The molecule has 1 aromatic rings. The number of ketones is 1. The molecule has 2 bridgehead atoms. The first-order chi connectivity index (χ1) is 12.4. The van der Waals surface area contributed by atoms with Gasteiger partial charge in [0.25, 0.3) is 0 Å². The van der Waals surface area contributed by atoms with Gasteiger partial charge in [0.2, 0.25) is 11.8 Å². The van der Waals surface area contributed by atoms with Crippen LogP contribution in [0.25, 0.3) is 0 Å². The number of hydrogen-bond donors (Lipinski definition) is 3. The van der Waals surface area contributed by atoms with Gasteiger partial charge >= 0.3 is 0 Å². The predicted molar refractivity (Wildman–Crippen MR) is 92.4 cm³/mol. The van der Waals surface area contributed by atoms with Crippen LogP contribution in [-0.4, -0.2) is 64.8 Å². The Morgan fingerprint density at radius 3 is 2.65 bits per heavy atom. The van der Waals surface area contributed by atoms with Crippen LogP contribution in [0.15, 0.2) is 6.20 Å². The fourth-order valence-corrected chi connectivity index (χ4v) is 4.15. The van der Waals surface area contributed by atoms with Crippen LogP contribution in [0, 0.1) is 11.8 Å². The van der Waals surface area contributed by atoms with Gasteiger partial charge in [-0.3, -0.25) is 14.4 Å². The van der Waals surface area contributed by atoms with Gasteiger partial charge < -0.3 is 15.5 Å². The number of carbonyl (C=O) groups excluding carboxylic acids is 3. The molecule has 9 nitrogen and oxygen atoms in total. The van der Waals surface area contributed by atoms with Crippen LogP contribution in [0.3, 0.4) is 0 Å². The zero-order valence-corrected chi connectivity index (χ0v) is 15.3. The summed E-state index contributed by atoms with van der Waals surface area (Å²) in [6, 6.07) is 0.402. The summed E-state index contributed by atoms with van der Waals surface area (Å²) in [6.07, 6.45) is 3.75. The Bertz CT molecular complexity index is 688. The average molecular weight is 363 g/mol. The van der Waals surface area contributed by atoms with Crippen LogP contribution >= 0.6 is 0 Å². The van der Waals surface area contributed by atoms with Gasteiger partial charge in [0.05, 0.1) is 31.7 Å². The van der Waals surface area contributed by atoms with E-state index in [0.717, 1.165) is 32.5 Å². The minimum Gasteiger partial charge on any atom is -0.355 e. The van der Waals surface area contributed by atoms with Gasteiger partial charge in [-0.25, -0.2) is 4.68 Å². The summed E-state index contributed by atoms with van der Waals surface area (Å²) in [5.41, 5.74) is 0.396. The average Bonchev–Trinajstić information content (AvgIpc) is 3.08. The third-order valence-electron chi connectivity index (χ3n) is 5.49. The van der Waals surface area contributed by atoms with Crippen LogP contribution in [0.1, 0.15) is 37.2 Å². The maximum Gasteiger partial charge on any atom is 0.229 e. The van der Waals surface area contributed by atoms with E-state index >= 15 is 0 Å². The Hall–Kier alpha value is -2.29. The van der Waals surface area contributed by atoms with Gasteiger partial charge in [-0.1, -0.05) is 5.21 Å². The van der Waals surface area contributed by atoms with Crippen molar-refractivity contribution in [3.8, 4) is 0 Å². The number of piperidine rings is 3. The summed E-state index contributed by atoms with van der Waals surface area (Å²) in [4.78, 5) is 36.1. The number of carbonyl (C=O) groups is 3. The SMILES string of the molecule is CC(=O)NCCNC(=O)[C@H]1C[NH+]2CC[C@H]1C[C@@H]2Cn1cc(C(C)=O)nn1. The Morgan fingerprint density at radius 1 is 1.27 bits per heavy atom. The Balaban J connectivity index is 1.51. The highest BCUT2D eigenvalue weighted by Gasteiger charge is 2.46. The molecule has 2 amide bonds. The molecule has 3 saturated heterocycles. The second-order valence-corrected chi connectivity index (χ2v) is 7.36. The van der Waals surface area contributed by atoms with Gasteiger partial charge in [-0.2, -0.15) is 0 Å². The zero-order chi connectivity index (χ0) is 18.7. The zero-order valence-electron chi connectivity index (χ0n) is 15.3. The number of nitrogens with zero attached hydrogens (tertiary/aromatic N) is 3. The number of rotatable bonds is 7. The minimum atomic E-state index is -0.0876. The summed E-state index contributed by atoms with van der Waals surface area (Å²) in [7, 11) is 0. The molecule has 4 atom stereocenters. The molecule has 1 aromatic heterocycles. The second kappa shape index (κ2) is 7.94. The molecule has 0 radical (unpaired) electrons. The lowest BCUT2D eigenvalue weighted by Crippen LogP contribution is -3.20. The molecule has 3 aliphatic rings. The highest BCUT2D eigenvalue weighted by Crippen LogP contribution is 2.27. The van der Waals surface area contributed by atoms with Crippen molar-refractivity contribution in [3.05, 3.63) is 11.9 Å². The Kier molecular flexibility index (Phi) is 5.65. The monoisotopic (exact) mass is 363 g/mol. The molecule has 3 N–H and O–H groups in total. The van der Waals surface area contributed by atoms with E-state index in [9.17, 15) is 14.4 Å². The minimum absolute atomic E-state index is 0.0378. The van der Waals surface area contributed by atoms with Crippen molar-refractivity contribution in [1.29, 1.82) is 0 Å². The molecule has 0 spiro atoms. The number of aromatic nitrogens is 3. The maximum absolute atomic E-state index is 12.5. The summed E-state index contributed by atoms with van der Waals surface area (Å²) in [5, 5.41) is 13.6. The fourth-order valence-electron chi connectivity index (χ4n) is 4.15. The highest BCUT2D eigenvalue weighted by atomic mass is 16.2. The van der Waals surface area contributed by atoms with Gasteiger partial charge in [-0.15, -0.1) is 5.10 Å². The van der Waals surface area contributed by atoms with Crippen LogP contribution in [0.5, 0.6) is 0 Å². The molecule has 0 saturated carbocycles. The van der Waals surface area contributed by atoms with Crippen molar-refractivity contribution in [1.82, 2.24) is 25.6 Å². The first-order valence-corrected chi connectivity index (χ1v) is 9.22. The number of nitrogens with one attached hydrogen (secondary N) is 3. The molecule has 0 aromatic carbocycles. The van der Waals surface area contributed by atoms with E-state index in [1.165, 1.54) is 18.7 Å². The van der Waals surface area contributed by atoms with E-state index in [1.807, 2.05) is 0 Å². The predicted octanol–water partition coefficient (Wildman–Crippen LogP) is -1.97. The molecule has 142 valence electrons. The van der Waals surface area contributed by atoms with E-state index in [2.05, 4.69) is 20.9 Å².